The number of carbonyl (C=O) groups is 2. The highest BCUT2D eigenvalue weighted by atomic mass is 32.1. The first-order valence-electron chi connectivity index (χ1n) is 7.37. The maximum Gasteiger partial charge on any atom is 0.341 e. The first kappa shape index (κ1) is 17.5. The van der Waals surface area contributed by atoms with Crippen molar-refractivity contribution >= 4 is 44.6 Å². The Morgan fingerprint density at radius 2 is 2.12 bits per heavy atom. The van der Waals surface area contributed by atoms with Crippen molar-refractivity contribution in [3.05, 3.63) is 43.1 Å². The van der Waals surface area contributed by atoms with Gasteiger partial charge in [0.1, 0.15) is 5.00 Å². The molecule has 0 spiro atoms. The van der Waals surface area contributed by atoms with Gasteiger partial charge in [-0.05, 0) is 25.1 Å². The van der Waals surface area contributed by atoms with E-state index in [-0.39, 0.29) is 9.88 Å². The monoisotopic (exact) mass is 381 g/mol. The lowest BCUT2D eigenvalue weighted by Gasteiger charge is -2.22. The number of thiophene rings is 2. The fraction of sp³-hybridized carbons (Fsp3) is 0.333. The number of rotatable bonds is 4. The first-order chi connectivity index (χ1) is 11.9. The molecule has 3 rings (SSSR count). The van der Waals surface area contributed by atoms with Crippen LogP contribution in [-0.4, -0.2) is 42.4 Å². The summed E-state index contributed by atoms with van der Waals surface area (Å²) in [5.74, 6) is -0.968. The van der Waals surface area contributed by atoms with Crippen molar-refractivity contribution in [1.82, 2.24) is 4.90 Å². The molecule has 0 radical (unpaired) electrons. The Morgan fingerprint density at radius 3 is 2.76 bits per heavy atom. The lowest BCUT2D eigenvalue weighted by atomic mass is 10.0. The van der Waals surface area contributed by atoms with Gasteiger partial charge in [0.25, 0.3) is 5.91 Å². The van der Waals surface area contributed by atoms with E-state index in [0.717, 1.165) is 28.3 Å². The molecule has 2 aromatic rings. The minimum atomic E-state index is -0.541. The van der Waals surface area contributed by atoms with Gasteiger partial charge in [0, 0.05) is 24.0 Å². The molecule has 1 N–H and O–H groups in total. The molecule has 8 nitrogen and oxygen atoms in total. The van der Waals surface area contributed by atoms with Gasteiger partial charge in [-0.3, -0.25) is 14.9 Å². The zero-order valence-corrected chi connectivity index (χ0v) is 15.2. The number of anilines is 1. The molecule has 25 heavy (non-hydrogen) atoms. The summed E-state index contributed by atoms with van der Waals surface area (Å²) in [6.07, 6.45) is 0.701. The van der Waals surface area contributed by atoms with Gasteiger partial charge in [0.15, 0.2) is 0 Å². The minimum absolute atomic E-state index is 0.106. The van der Waals surface area contributed by atoms with Crippen molar-refractivity contribution in [2.24, 2.45) is 0 Å². The highest BCUT2D eigenvalue weighted by Crippen LogP contribution is 2.38. The van der Waals surface area contributed by atoms with Crippen LogP contribution in [0.15, 0.2) is 12.1 Å². The van der Waals surface area contributed by atoms with Gasteiger partial charge in [-0.15, -0.1) is 11.3 Å². The molecule has 2 aromatic heterocycles. The number of nitrogens with one attached hydrogen (secondary N) is 1. The predicted octanol–water partition coefficient (Wildman–Crippen LogP) is 2.74. The van der Waals surface area contributed by atoms with Gasteiger partial charge >= 0.3 is 11.0 Å². The Bertz CT molecular complexity index is 857. The second kappa shape index (κ2) is 6.90. The summed E-state index contributed by atoms with van der Waals surface area (Å²) in [4.78, 5) is 38.2. The second-order valence-corrected chi connectivity index (χ2v) is 7.70. The van der Waals surface area contributed by atoms with Gasteiger partial charge in [0.05, 0.1) is 22.5 Å². The van der Waals surface area contributed by atoms with Crippen molar-refractivity contribution in [3.63, 3.8) is 0 Å². The average molecular weight is 381 g/mol. The smallest absolute Gasteiger partial charge is 0.341 e. The number of ether oxygens (including phenoxy) is 1. The molecule has 1 aliphatic rings. The van der Waals surface area contributed by atoms with Crippen LogP contribution in [0.1, 0.15) is 30.5 Å². The number of amides is 1. The predicted molar refractivity (Wildman–Crippen MR) is 94.6 cm³/mol. The molecule has 0 unspecified atom stereocenters. The number of methoxy groups -OCH3 is 1. The first-order valence-corrected chi connectivity index (χ1v) is 9.01. The number of nitrogens with zero attached hydrogens (tertiary/aromatic N) is 2. The molecule has 0 aliphatic carbocycles. The summed E-state index contributed by atoms with van der Waals surface area (Å²) in [6, 6.07) is 2.69. The number of nitro groups is 1. The van der Waals surface area contributed by atoms with E-state index in [1.54, 1.807) is 0 Å². The SMILES string of the molecule is COC(=O)c1c(NC(=O)c2ccc([N+](=O)[O-])s2)sc2c1CCN(C)C2. The third-order valence-electron chi connectivity index (χ3n) is 3.86. The summed E-state index contributed by atoms with van der Waals surface area (Å²) in [5.41, 5.74) is 1.29. The van der Waals surface area contributed by atoms with E-state index in [1.165, 1.54) is 30.6 Å². The summed E-state index contributed by atoms with van der Waals surface area (Å²) in [7, 11) is 3.29. The van der Waals surface area contributed by atoms with E-state index in [0.29, 0.717) is 23.5 Å². The summed E-state index contributed by atoms with van der Waals surface area (Å²) >= 11 is 2.13. The lowest BCUT2D eigenvalue weighted by molar-refractivity contribution is -0.380. The van der Waals surface area contributed by atoms with E-state index in [1.807, 2.05) is 7.05 Å². The molecule has 1 aliphatic heterocycles. The molecule has 0 atom stereocenters. The third-order valence-corrected chi connectivity index (χ3v) is 6.03. The zero-order chi connectivity index (χ0) is 18.1. The normalized spacial score (nSPS) is 14.0. The van der Waals surface area contributed by atoms with Crippen LogP contribution in [0.4, 0.5) is 10.0 Å². The van der Waals surface area contributed by atoms with Crippen LogP contribution in [0.2, 0.25) is 0 Å². The van der Waals surface area contributed by atoms with Crippen molar-refractivity contribution in [3.8, 4) is 0 Å². The van der Waals surface area contributed by atoms with E-state index < -0.39 is 16.8 Å². The van der Waals surface area contributed by atoms with Crippen LogP contribution in [0.25, 0.3) is 0 Å². The summed E-state index contributed by atoms with van der Waals surface area (Å²) in [6.45, 7) is 1.52. The Hall–Kier alpha value is -2.30. The van der Waals surface area contributed by atoms with Gasteiger partial charge in [0.2, 0.25) is 0 Å². The van der Waals surface area contributed by atoms with Crippen molar-refractivity contribution in [2.75, 3.05) is 26.0 Å². The summed E-state index contributed by atoms with van der Waals surface area (Å²) < 4.78 is 4.87. The van der Waals surface area contributed by atoms with Crippen LogP contribution in [0.5, 0.6) is 0 Å². The van der Waals surface area contributed by atoms with Crippen molar-refractivity contribution in [1.29, 1.82) is 0 Å². The van der Waals surface area contributed by atoms with E-state index in [2.05, 4.69) is 10.2 Å². The molecule has 0 saturated carbocycles. The Morgan fingerprint density at radius 1 is 1.36 bits per heavy atom. The van der Waals surface area contributed by atoms with Crippen LogP contribution < -0.4 is 5.32 Å². The van der Waals surface area contributed by atoms with Gasteiger partial charge < -0.3 is 15.0 Å². The number of carbonyl (C=O) groups excluding carboxylic acids is 2. The molecule has 10 heteroatoms. The van der Waals surface area contributed by atoms with Gasteiger partial charge in [-0.25, -0.2) is 4.79 Å². The van der Waals surface area contributed by atoms with Crippen molar-refractivity contribution < 1.29 is 19.2 Å². The fourth-order valence-corrected chi connectivity index (χ4v) is 4.68. The largest absolute Gasteiger partial charge is 0.465 e. The standard InChI is InChI=1S/C15H15N3O5S2/c1-17-6-5-8-10(7-17)25-14(12(8)15(20)23-2)16-13(19)9-3-4-11(24-9)18(21)22/h3-4H,5-7H2,1-2H3,(H,16,19). The summed E-state index contributed by atoms with van der Waals surface area (Å²) in [5, 5.41) is 13.8. The molecule has 0 bridgehead atoms. The third kappa shape index (κ3) is 3.41. The fourth-order valence-electron chi connectivity index (χ4n) is 2.65. The average Bonchev–Trinajstić information content (AvgIpc) is 3.18. The maximum absolute atomic E-state index is 12.4. The number of esters is 1. The highest BCUT2D eigenvalue weighted by molar-refractivity contribution is 7.18. The molecule has 0 aromatic carbocycles. The lowest BCUT2D eigenvalue weighted by Crippen LogP contribution is -2.26. The molecular weight excluding hydrogens is 366 g/mol. The molecule has 1 amide bonds. The Kier molecular flexibility index (Phi) is 4.84. The topological polar surface area (TPSA) is 102 Å². The zero-order valence-electron chi connectivity index (χ0n) is 13.5. The van der Waals surface area contributed by atoms with Gasteiger partial charge in [-0.2, -0.15) is 0 Å². The van der Waals surface area contributed by atoms with E-state index >= 15 is 0 Å². The van der Waals surface area contributed by atoms with Crippen molar-refractivity contribution in [2.45, 2.75) is 13.0 Å². The van der Waals surface area contributed by atoms with E-state index in [9.17, 15) is 19.7 Å². The number of hydrogen-bond acceptors (Lipinski definition) is 8. The maximum atomic E-state index is 12.4. The van der Waals surface area contributed by atoms with Crippen LogP contribution >= 0.6 is 22.7 Å². The van der Waals surface area contributed by atoms with Crippen LogP contribution in [-0.2, 0) is 17.7 Å². The molecule has 0 fully saturated rings. The number of likely N-dealkylation sites (N-methyl/N-ethyl adjacent to an activating group) is 1. The molecule has 3 heterocycles. The number of hydrogen-bond donors (Lipinski definition) is 1. The second-order valence-electron chi connectivity index (χ2n) is 5.54. The Labute approximate surface area is 151 Å². The van der Waals surface area contributed by atoms with Crippen LogP contribution in [0, 0.1) is 10.1 Å². The minimum Gasteiger partial charge on any atom is -0.465 e. The van der Waals surface area contributed by atoms with Gasteiger partial charge in [-0.1, -0.05) is 11.3 Å². The molecule has 132 valence electrons. The Balaban J connectivity index is 1.92. The molecular formula is C15H15N3O5S2. The molecule has 0 saturated heterocycles. The van der Waals surface area contributed by atoms with E-state index in [4.69, 9.17) is 4.74 Å². The highest BCUT2D eigenvalue weighted by Gasteiger charge is 2.29. The quantitative estimate of drug-likeness (QED) is 0.496. The van der Waals surface area contributed by atoms with Crippen LogP contribution in [0.3, 0.4) is 0 Å². The number of fused-ring (bicyclic) bond motifs is 1.